The quantitative estimate of drug-likeness (QED) is 0.755. The molecule has 1 amide bonds. The lowest BCUT2D eigenvalue weighted by Gasteiger charge is -2.12. The molecule has 1 fully saturated rings. The standard InChI is InChI=1S/C10H12N4O3/c1-14-3-2-6(9(14)15)13-8-5-11-7(4-12-8)10(16)17/h4-6H,2-3H2,1H3,(H,12,13)(H,16,17). The van der Waals surface area contributed by atoms with Crippen molar-refractivity contribution in [2.24, 2.45) is 0 Å². The molecule has 1 aromatic heterocycles. The van der Waals surface area contributed by atoms with E-state index >= 15 is 0 Å². The maximum atomic E-state index is 11.6. The van der Waals surface area contributed by atoms with E-state index in [-0.39, 0.29) is 17.6 Å². The largest absolute Gasteiger partial charge is 0.476 e. The van der Waals surface area contributed by atoms with Gasteiger partial charge in [-0.2, -0.15) is 0 Å². The molecule has 7 heteroatoms. The van der Waals surface area contributed by atoms with Crippen molar-refractivity contribution in [2.45, 2.75) is 12.5 Å². The molecule has 90 valence electrons. The highest BCUT2D eigenvalue weighted by Gasteiger charge is 2.29. The average Bonchev–Trinajstić information content (AvgIpc) is 2.62. The summed E-state index contributed by atoms with van der Waals surface area (Å²) in [6, 6.07) is -0.301. The molecule has 1 aliphatic rings. The lowest BCUT2D eigenvalue weighted by molar-refractivity contribution is -0.127. The number of likely N-dealkylation sites (N-methyl/N-ethyl adjacent to an activating group) is 1. The lowest BCUT2D eigenvalue weighted by Crippen LogP contribution is -2.31. The number of hydrogen-bond donors (Lipinski definition) is 2. The summed E-state index contributed by atoms with van der Waals surface area (Å²) in [6.45, 7) is 0.705. The zero-order chi connectivity index (χ0) is 12.4. The molecule has 0 aliphatic carbocycles. The van der Waals surface area contributed by atoms with Crippen molar-refractivity contribution in [3.05, 3.63) is 18.1 Å². The molecule has 1 aliphatic heterocycles. The Bertz CT molecular complexity index is 445. The maximum absolute atomic E-state index is 11.6. The molecular formula is C10H12N4O3. The molecule has 0 spiro atoms. The van der Waals surface area contributed by atoms with Crippen molar-refractivity contribution in [3.8, 4) is 0 Å². The molecule has 1 aromatic rings. The van der Waals surface area contributed by atoms with E-state index in [2.05, 4.69) is 15.3 Å². The molecule has 0 aromatic carbocycles. The molecule has 2 N–H and O–H groups in total. The minimum atomic E-state index is -1.12. The van der Waals surface area contributed by atoms with Crippen molar-refractivity contribution >= 4 is 17.7 Å². The molecule has 7 nitrogen and oxygen atoms in total. The number of anilines is 1. The van der Waals surface area contributed by atoms with Crippen LogP contribution in [0.5, 0.6) is 0 Å². The average molecular weight is 236 g/mol. The monoisotopic (exact) mass is 236 g/mol. The fourth-order valence-electron chi connectivity index (χ4n) is 1.65. The highest BCUT2D eigenvalue weighted by atomic mass is 16.4. The van der Waals surface area contributed by atoms with Gasteiger partial charge in [-0.3, -0.25) is 4.79 Å². The topological polar surface area (TPSA) is 95.4 Å². The van der Waals surface area contributed by atoms with Crippen LogP contribution in [0.1, 0.15) is 16.9 Å². The van der Waals surface area contributed by atoms with Crippen molar-refractivity contribution in [3.63, 3.8) is 0 Å². The van der Waals surface area contributed by atoms with Gasteiger partial charge in [0.1, 0.15) is 11.9 Å². The number of amides is 1. The number of hydrogen-bond acceptors (Lipinski definition) is 5. The third-order valence-corrected chi connectivity index (χ3v) is 2.62. The van der Waals surface area contributed by atoms with E-state index in [9.17, 15) is 9.59 Å². The molecule has 17 heavy (non-hydrogen) atoms. The Morgan fingerprint density at radius 1 is 1.53 bits per heavy atom. The van der Waals surface area contributed by atoms with Crippen LogP contribution in [0.15, 0.2) is 12.4 Å². The van der Waals surface area contributed by atoms with Crippen LogP contribution in [0, 0.1) is 0 Å². The van der Waals surface area contributed by atoms with E-state index < -0.39 is 5.97 Å². The van der Waals surface area contributed by atoms with Crippen LogP contribution in [0.25, 0.3) is 0 Å². The minimum absolute atomic E-state index is 0.00844. The van der Waals surface area contributed by atoms with Crippen molar-refractivity contribution in [1.29, 1.82) is 0 Å². The molecular weight excluding hydrogens is 224 g/mol. The fourth-order valence-corrected chi connectivity index (χ4v) is 1.65. The highest BCUT2D eigenvalue weighted by molar-refractivity contribution is 5.86. The van der Waals surface area contributed by atoms with Crippen molar-refractivity contribution in [2.75, 3.05) is 18.9 Å². The predicted molar refractivity (Wildman–Crippen MR) is 58.7 cm³/mol. The number of nitrogens with one attached hydrogen (secondary N) is 1. The van der Waals surface area contributed by atoms with Crippen LogP contribution in [0.3, 0.4) is 0 Å². The summed E-state index contributed by atoms with van der Waals surface area (Å²) in [5.74, 6) is -0.710. The summed E-state index contributed by atoms with van der Waals surface area (Å²) in [5.41, 5.74) is -0.120. The van der Waals surface area contributed by atoms with E-state index in [1.165, 1.54) is 6.20 Å². The van der Waals surface area contributed by atoms with E-state index in [4.69, 9.17) is 5.11 Å². The molecule has 0 bridgehead atoms. The highest BCUT2D eigenvalue weighted by Crippen LogP contribution is 2.13. The van der Waals surface area contributed by atoms with Gasteiger partial charge in [0.05, 0.1) is 12.4 Å². The molecule has 0 saturated carbocycles. The summed E-state index contributed by atoms with van der Waals surface area (Å²) in [6.07, 6.45) is 3.18. The van der Waals surface area contributed by atoms with Gasteiger partial charge in [-0.25, -0.2) is 14.8 Å². The third-order valence-electron chi connectivity index (χ3n) is 2.62. The van der Waals surface area contributed by atoms with Crippen LogP contribution in [0.4, 0.5) is 5.82 Å². The van der Waals surface area contributed by atoms with Crippen LogP contribution in [0.2, 0.25) is 0 Å². The van der Waals surface area contributed by atoms with E-state index in [0.29, 0.717) is 18.8 Å². The summed E-state index contributed by atoms with van der Waals surface area (Å²) in [5, 5.41) is 11.6. The van der Waals surface area contributed by atoms with E-state index in [1.54, 1.807) is 11.9 Å². The van der Waals surface area contributed by atoms with Crippen LogP contribution in [-0.4, -0.2) is 51.5 Å². The van der Waals surface area contributed by atoms with Gasteiger partial charge in [0.25, 0.3) is 0 Å². The number of likely N-dealkylation sites (tertiary alicyclic amines) is 1. The normalized spacial score (nSPS) is 19.5. The number of carbonyl (C=O) groups is 2. The number of carboxylic acids is 1. The lowest BCUT2D eigenvalue weighted by atomic mass is 10.2. The van der Waals surface area contributed by atoms with Gasteiger partial charge < -0.3 is 15.3 Å². The third kappa shape index (κ3) is 2.32. The van der Waals surface area contributed by atoms with Crippen LogP contribution >= 0.6 is 0 Å². The minimum Gasteiger partial charge on any atom is -0.476 e. The van der Waals surface area contributed by atoms with Gasteiger partial charge in [0.2, 0.25) is 5.91 Å². The number of rotatable bonds is 3. The zero-order valence-corrected chi connectivity index (χ0v) is 9.25. The second-order valence-electron chi connectivity index (χ2n) is 3.84. The summed E-state index contributed by atoms with van der Waals surface area (Å²) < 4.78 is 0. The second-order valence-corrected chi connectivity index (χ2v) is 3.84. The number of carbonyl (C=O) groups excluding carboxylic acids is 1. The predicted octanol–water partition coefficient (Wildman–Crippen LogP) is -0.183. The first kappa shape index (κ1) is 11.3. The van der Waals surface area contributed by atoms with Gasteiger partial charge in [0.15, 0.2) is 5.69 Å². The summed E-state index contributed by atoms with van der Waals surface area (Å²) >= 11 is 0. The first-order valence-electron chi connectivity index (χ1n) is 5.15. The maximum Gasteiger partial charge on any atom is 0.356 e. The Morgan fingerprint density at radius 3 is 2.76 bits per heavy atom. The van der Waals surface area contributed by atoms with Gasteiger partial charge in [-0.1, -0.05) is 0 Å². The van der Waals surface area contributed by atoms with Gasteiger partial charge in [-0.05, 0) is 6.42 Å². The van der Waals surface area contributed by atoms with E-state index in [1.807, 2.05) is 0 Å². The second kappa shape index (κ2) is 4.36. The molecule has 2 rings (SSSR count). The van der Waals surface area contributed by atoms with Gasteiger partial charge in [0, 0.05) is 13.6 Å². The fraction of sp³-hybridized carbons (Fsp3) is 0.400. The number of nitrogens with zero attached hydrogens (tertiary/aromatic N) is 3. The Hall–Kier alpha value is -2.18. The summed E-state index contributed by atoms with van der Waals surface area (Å²) in [4.78, 5) is 31.4. The molecule has 1 saturated heterocycles. The smallest absolute Gasteiger partial charge is 0.356 e. The zero-order valence-electron chi connectivity index (χ0n) is 9.25. The number of aromatic nitrogens is 2. The van der Waals surface area contributed by atoms with E-state index in [0.717, 1.165) is 6.20 Å². The first-order chi connectivity index (χ1) is 8.08. The van der Waals surface area contributed by atoms with Crippen LogP contribution in [-0.2, 0) is 4.79 Å². The molecule has 1 atom stereocenters. The Morgan fingerprint density at radius 2 is 2.29 bits per heavy atom. The van der Waals surface area contributed by atoms with Gasteiger partial charge >= 0.3 is 5.97 Å². The molecule has 2 heterocycles. The van der Waals surface area contributed by atoms with Crippen LogP contribution < -0.4 is 5.32 Å². The SMILES string of the molecule is CN1CCC(Nc2cnc(C(=O)O)cn2)C1=O. The molecule has 0 radical (unpaired) electrons. The van der Waals surface area contributed by atoms with Crippen molar-refractivity contribution < 1.29 is 14.7 Å². The Balaban J connectivity index is 2.04. The number of carboxylic acid groups (broad SMARTS) is 1. The molecule has 1 unspecified atom stereocenters. The Labute approximate surface area is 97.5 Å². The number of aromatic carboxylic acids is 1. The van der Waals surface area contributed by atoms with Crippen molar-refractivity contribution in [1.82, 2.24) is 14.9 Å². The Kier molecular flexibility index (Phi) is 2.90. The van der Waals surface area contributed by atoms with Gasteiger partial charge in [-0.15, -0.1) is 0 Å². The first-order valence-corrected chi connectivity index (χ1v) is 5.15. The summed E-state index contributed by atoms with van der Waals surface area (Å²) in [7, 11) is 1.74.